The SMILES string of the molecule is CCCN(CCc1nc(-c2ccc([N+](=O)[O-])cc2)no1)C(=O)C=Cc1ccccc1. The summed E-state index contributed by atoms with van der Waals surface area (Å²) in [7, 11) is 0. The van der Waals surface area contributed by atoms with Gasteiger partial charge in [0.25, 0.3) is 5.69 Å². The first-order valence-corrected chi connectivity index (χ1v) is 9.66. The minimum absolute atomic E-state index is 0.000236. The molecular formula is C22H22N4O4. The molecule has 0 atom stereocenters. The fraction of sp³-hybridized carbons (Fsp3) is 0.227. The van der Waals surface area contributed by atoms with Crippen molar-refractivity contribution in [3.05, 3.63) is 82.2 Å². The molecular weight excluding hydrogens is 384 g/mol. The van der Waals surface area contributed by atoms with Crippen LogP contribution in [0.4, 0.5) is 5.69 Å². The zero-order valence-corrected chi connectivity index (χ0v) is 16.6. The maximum absolute atomic E-state index is 12.6. The summed E-state index contributed by atoms with van der Waals surface area (Å²) in [4.78, 5) is 28.9. The Morgan fingerprint density at radius 1 is 1.13 bits per heavy atom. The third-order valence-corrected chi connectivity index (χ3v) is 4.42. The third-order valence-electron chi connectivity index (χ3n) is 4.42. The number of non-ortho nitro benzene ring substituents is 1. The fourth-order valence-electron chi connectivity index (χ4n) is 2.88. The summed E-state index contributed by atoms with van der Waals surface area (Å²) in [6.45, 7) is 3.09. The van der Waals surface area contributed by atoms with Gasteiger partial charge in [0, 0.05) is 43.3 Å². The van der Waals surface area contributed by atoms with Crippen LogP contribution in [0.1, 0.15) is 24.8 Å². The number of rotatable bonds is 9. The molecule has 0 aliphatic heterocycles. The first-order chi connectivity index (χ1) is 14.6. The van der Waals surface area contributed by atoms with Crippen molar-refractivity contribution in [1.29, 1.82) is 0 Å². The number of hydrogen-bond acceptors (Lipinski definition) is 6. The van der Waals surface area contributed by atoms with E-state index in [-0.39, 0.29) is 11.6 Å². The summed E-state index contributed by atoms with van der Waals surface area (Å²) in [5.41, 5.74) is 1.59. The van der Waals surface area contributed by atoms with Gasteiger partial charge in [-0.15, -0.1) is 0 Å². The second-order valence-electron chi connectivity index (χ2n) is 6.64. The lowest BCUT2D eigenvalue weighted by atomic mass is 10.2. The van der Waals surface area contributed by atoms with Gasteiger partial charge in [-0.3, -0.25) is 14.9 Å². The third kappa shape index (κ3) is 5.60. The van der Waals surface area contributed by atoms with Crippen LogP contribution >= 0.6 is 0 Å². The highest BCUT2D eigenvalue weighted by atomic mass is 16.6. The Balaban J connectivity index is 1.61. The number of hydrogen-bond donors (Lipinski definition) is 0. The minimum Gasteiger partial charge on any atom is -0.339 e. The van der Waals surface area contributed by atoms with E-state index in [1.54, 1.807) is 29.2 Å². The second kappa shape index (κ2) is 10.1. The number of amides is 1. The Morgan fingerprint density at radius 3 is 2.53 bits per heavy atom. The van der Waals surface area contributed by atoms with Crippen LogP contribution in [0.2, 0.25) is 0 Å². The van der Waals surface area contributed by atoms with Gasteiger partial charge in [0.05, 0.1) is 4.92 Å². The highest BCUT2D eigenvalue weighted by Crippen LogP contribution is 2.20. The molecule has 0 spiro atoms. The molecule has 1 heterocycles. The molecule has 0 N–H and O–H groups in total. The summed E-state index contributed by atoms with van der Waals surface area (Å²) >= 11 is 0. The van der Waals surface area contributed by atoms with E-state index in [1.807, 2.05) is 37.3 Å². The van der Waals surface area contributed by atoms with Crippen LogP contribution in [-0.4, -0.2) is 39.0 Å². The van der Waals surface area contributed by atoms with Gasteiger partial charge in [0.1, 0.15) is 0 Å². The molecule has 8 heteroatoms. The number of nitro groups is 1. The molecule has 30 heavy (non-hydrogen) atoms. The van der Waals surface area contributed by atoms with Crippen LogP contribution in [-0.2, 0) is 11.2 Å². The lowest BCUT2D eigenvalue weighted by molar-refractivity contribution is -0.384. The van der Waals surface area contributed by atoms with E-state index in [4.69, 9.17) is 4.52 Å². The van der Waals surface area contributed by atoms with E-state index in [2.05, 4.69) is 10.1 Å². The molecule has 1 aromatic heterocycles. The van der Waals surface area contributed by atoms with E-state index in [9.17, 15) is 14.9 Å². The highest BCUT2D eigenvalue weighted by molar-refractivity contribution is 5.91. The second-order valence-corrected chi connectivity index (χ2v) is 6.64. The monoisotopic (exact) mass is 406 g/mol. The first kappa shape index (κ1) is 20.9. The topological polar surface area (TPSA) is 102 Å². The van der Waals surface area contributed by atoms with Crippen molar-refractivity contribution >= 4 is 17.7 Å². The number of benzene rings is 2. The number of nitro benzene ring substituents is 1. The zero-order chi connectivity index (χ0) is 21.3. The maximum Gasteiger partial charge on any atom is 0.269 e. The van der Waals surface area contributed by atoms with Gasteiger partial charge in [-0.05, 0) is 30.2 Å². The molecule has 1 amide bonds. The molecule has 0 radical (unpaired) electrons. The fourth-order valence-corrected chi connectivity index (χ4v) is 2.88. The van der Waals surface area contributed by atoms with Crippen LogP contribution in [0.25, 0.3) is 17.5 Å². The molecule has 2 aromatic carbocycles. The molecule has 8 nitrogen and oxygen atoms in total. The Bertz CT molecular complexity index is 1010. The van der Waals surface area contributed by atoms with Crippen molar-refractivity contribution in [1.82, 2.24) is 15.0 Å². The highest BCUT2D eigenvalue weighted by Gasteiger charge is 2.14. The number of nitrogens with zero attached hydrogens (tertiary/aromatic N) is 4. The molecule has 0 aliphatic rings. The lowest BCUT2D eigenvalue weighted by Gasteiger charge is -2.19. The minimum atomic E-state index is -0.461. The van der Waals surface area contributed by atoms with Gasteiger partial charge in [-0.1, -0.05) is 42.4 Å². The van der Waals surface area contributed by atoms with E-state index in [1.165, 1.54) is 12.1 Å². The smallest absolute Gasteiger partial charge is 0.269 e. The molecule has 3 aromatic rings. The Kier molecular flexibility index (Phi) is 7.05. The summed E-state index contributed by atoms with van der Waals surface area (Å²) in [5, 5.41) is 14.7. The van der Waals surface area contributed by atoms with E-state index in [0.29, 0.717) is 36.8 Å². The zero-order valence-electron chi connectivity index (χ0n) is 16.6. The number of aromatic nitrogens is 2. The predicted octanol–water partition coefficient (Wildman–Crippen LogP) is 4.14. The van der Waals surface area contributed by atoms with Gasteiger partial charge in [0.15, 0.2) is 0 Å². The first-order valence-electron chi connectivity index (χ1n) is 9.66. The van der Waals surface area contributed by atoms with Gasteiger partial charge >= 0.3 is 0 Å². The summed E-state index contributed by atoms with van der Waals surface area (Å²) in [6.07, 6.45) is 4.62. The van der Waals surface area contributed by atoms with Gasteiger partial charge < -0.3 is 9.42 Å². The quantitative estimate of drug-likeness (QED) is 0.301. The van der Waals surface area contributed by atoms with Gasteiger partial charge in [-0.25, -0.2) is 0 Å². The molecule has 0 bridgehead atoms. The van der Waals surface area contributed by atoms with Crippen molar-refractivity contribution in [3.8, 4) is 11.4 Å². The largest absolute Gasteiger partial charge is 0.339 e. The number of carbonyl (C=O) groups excluding carboxylic acids is 1. The Labute approximate surface area is 174 Å². The Hall–Kier alpha value is -3.81. The van der Waals surface area contributed by atoms with Crippen LogP contribution in [0, 0.1) is 10.1 Å². The van der Waals surface area contributed by atoms with E-state index >= 15 is 0 Å². The predicted molar refractivity (Wildman–Crippen MR) is 112 cm³/mol. The van der Waals surface area contributed by atoms with Crippen molar-refractivity contribution < 1.29 is 14.2 Å². The van der Waals surface area contributed by atoms with Crippen LogP contribution in [0.3, 0.4) is 0 Å². The van der Waals surface area contributed by atoms with Gasteiger partial charge in [-0.2, -0.15) is 4.98 Å². The molecule has 0 unspecified atom stereocenters. The summed E-state index contributed by atoms with van der Waals surface area (Å²) in [6, 6.07) is 15.6. The van der Waals surface area contributed by atoms with Crippen molar-refractivity contribution in [2.24, 2.45) is 0 Å². The van der Waals surface area contributed by atoms with Crippen molar-refractivity contribution in [2.75, 3.05) is 13.1 Å². The van der Waals surface area contributed by atoms with Crippen LogP contribution in [0.5, 0.6) is 0 Å². The molecule has 3 rings (SSSR count). The average Bonchev–Trinajstić information content (AvgIpc) is 3.25. The lowest BCUT2D eigenvalue weighted by Crippen LogP contribution is -2.32. The van der Waals surface area contributed by atoms with Crippen LogP contribution < -0.4 is 0 Å². The average molecular weight is 406 g/mol. The Morgan fingerprint density at radius 2 is 1.87 bits per heavy atom. The summed E-state index contributed by atoms with van der Waals surface area (Å²) in [5.74, 6) is 0.692. The molecule has 0 saturated heterocycles. The molecule has 0 saturated carbocycles. The van der Waals surface area contributed by atoms with Gasteiger partial charge in [0.2, 0.25) is 17.6 Å². The molecule has 0 aliphatic carbocycles. The normalized spacial score (nSPS) is 11.0. The molecule has 154 valence electrons. The van der Waals surface area contributed by atoms with Crippen molar-refractivity contribution in [3.63, 3.8) is 0 Å². The maximum atomic E-state index is 12.6. The summed E-state index contributed by atoms with van der Waals surface area (Å²) < 4.78 is 5.28. The van der Waals surface area contributed by atoms with Crippen LogP contribution in [0.15, 0.2) is 65.2 Å². The van der Waals surface area contributed by atoms with Crippen molar-refractivity contribution in [2.45, 2.75) is 19.8 Å². The molecule has 0 fully saturated rings. The van der Waals surface area contributed by atoms with E-state index in [0.717, 1.165) is 12.0 Å². The number of carbonyl (C=O) groups is 1. The standard InChI is InChI=1S/C22H22N4O4/c1-2-15-25(21(27)13-8-17-6-4-3-5-7-17)16-14-20-23-22(24-30-20)18-9-11-19(12-10-18)26(28)29/h3-13H,2,14-16H2,1H3. The van der Waals surface area contributed by atoms with E-state index < -0.39 is 4.92 Å².